The molecule has 0 unspecified atom stereocenters. The van der Waals surface area contributed by atoms with Crippen molar-refractivity contribution in [2.24, 2.45) is 0 Å². The van der Waals surface area contributed by atoms with Crippen LogP contribution in [0.3, 0.4) is 0 Å². The zero-order chi connectivity index (χ0) is 38.2. The van der Waals surface area contributed by atoms with E-state index in [1.165, 1.54) is 54.4 Å². The number of para-hydroxylation sites is 2. The first kappa shape index (κ1) is 32.4. The van der Waals surface area contributed by atoms with Gasteiger partial charge in [0.15, 0.2) is 17.5 Å². The van der Waals surface area contributed by atoms with E-state index >= 15 is 0 Å². The SMILES string of the molecule is c1ccc(-c2nc(-c3ccccc3)nc(-c3ccc4cc(-n5c6ccccc6c6cc7c8cc9ccccc9cc8n(-c8ccccc8)c7cc65)ccc4c3)n2)cc1. The maximum atomic E-state index is 4.99. The van der Waals surface area contributed by atoms with Crippen molar-refractivity contribution >= 4 is 65.2 Å². The summed E-state index contributed by atoms with van der Waals surface area (Å²) in [5.41, 5.74) is 9.83. The lowest BCUT2D eigenvalue weighted by Gasteiger charge is -2.12. The second-order valence-corrected chi connectivity index (χ2v) is 14.9. The Morgan fingerprint density at radius 2 is 0.741 bits per heavy atom. The fourth-order valence-electron chi connectivity index (χ4n) is 8.75. The molecule has 270 valence electrons. The predicted molar refractivity (Wildman–Crippen MR) is 240 cm³/mol. The second-order valence-electron chi connectivity index (χ2n) is 14.9. The van der Waals surface area contributed by atoms with Crippen LogP contribution in [0, 0.1) is 0 Å². The van der Waals surface area contributed by atoms with Crippen molar-refractivity contribution in [2.45, 2.75) is 0 Å². The van der Waals surface area contributed by atoms with E-state index < -0.39 is 0 Å². The predicted octanol–water partition coefficient (Wildman–Crippen LogP) is 13.4. The van der Waals surface area contributed by atoms with Crippen LogP contribution < -0.4 is 0 Å². The summed E-state index contributed by atoms with van der Waals surface area (Å²) in [6.07, 6.45) is 0. The first-order valence-corrected chi connectivity index (χ1v) is 19.6. The highest BCUT2D eigenvalue weighted by Crippen LogP contribution is 2.41. The molecule has 3 aromatic heterocycles. The molecule has 0 N–H and O–H groups in total. The summed E-state index contributed by atoms with van der Waals surface area (Å²) >= 11 is 0. The largest absolute Gasteiger partial charge is 0.309 e. The van der Waals surface area contributed by atoms with Crippen LogP contribution in [-0.4, -0.2) is 24.1 Å². The molecule has 12 aromatic rings. The number of hydrogen-bond donors (Lipinski definition) is 0. The molecule has 0 bridgehead atoms. The molecule has 0 fully saturated rings. The topological polar surface area (TPSA) is 48.5 Å². The van der Waals surface area contributed by atoms with Crippen LogP contribution in [0.15, 0.2) is 200 Å². The Morgan fingerprint density at radius 3 is 1.45 bits per heavy atom. The van der Waals surface area contributed by atoms with Gasteiger partial charge in [0.25, 0.3) is 0 Å². The molecule has 3 heterocycles. The molecule has 0 aliphatic carbocycles. The first-order chi connectivity index (χ1) is 28.7. The van der Waals surface area contributed by atoms with Crippen LogP contribution >= 0.6 is 0 Å². The van der Waals surface area contributed by atoms with Crippen LogP contribution in [-0.2, 0) is 0 Å². The fraction of sp³-hybridized carbons (Fsp3) is 0. The highest BCUT2D eigenvalue weighted by Gasteiger charge is 2.20. The molecular formula is C53H33N5. The van der Waals surface area contributed by atoms with Crippen LogP contribution in [0.4, 0.5) is 0 Å². The van der Waals surface area contributed by atoms with E-state index in [1.807, 2.05) is 60.7 Å². The third-order valence-corrected chi connectivity index (χ3v) is 11.5. The summed E-state index contributed by atoms with van der Waals surface area (Å²) in [7, 11) is 0. The summed E-state index contributed by atoms with van der Waals surface area (Å²) in [5.74, 6) is 1.95. The third-order valence-electron chi connectivity index (χ3n) is 11.5. The lowest BCUT2D eigenvalue weighted by atomic mass is 10.0. The van der Waals surface area contributed by atoms with E-state index in [4.69, 9.17) is 15.0 Å². The molecule has 0 radical (unpaired) electrons. The maximum absolute atomic E-state index is 4.99. The molecular weight excluding hydrogens is 707 g/mol. The van der Waals surface area contributed by atoms with E-state index in [-0.39, 0.29) is 0 Å². The van der Waals surface area contributed by atoms with Gasteiger partial charge in [-0.1, -0.05) is 140 Å². The van der Waals surface area contributed by atoms with Gasteiger partial charge in [0.2, 0.25) is 0 Å². The van der Waals surface area contributed by atoms with Gasteiger partial charge >= 0.3 is 0 Å². The number of hydrogen-bond acceptors (Lipinski definition) is 3. The number of benzene rings is 9. The molecule has 0 aliphatic rings. The van der Waals surface area contributed by atoms with Crippen molar-refractivity contribution in [3.05, 3.63) is 200 Å². The quantitative estimate of drug-likeness (QED) is 0.177. The molecule has 5 nitrogen and oxygen atoms in total. The number of aromatic nitrogens is 5. The lowest BCUT2D eigenvalue weighted by molar-refractivity contribution is 1.07. The summed E-state index contributed by atoms with van der Waals surface area (Å²) < 4.78 is 4.85. The molecule has 12 rings (SSSR count). The Morgan fingerprint density at radius 1 is 0.259 bits per heavy atom. The maximum Gasteiger partial charge on any atom is 0.164 e. The fourth-order valence-corrected chi connectivity index (χ4v) is 8.75. The van der Waals surface area contributed by atoms with E-state index in [9.17, 15) is 0 Å². The van der Waals surface area contributed by atoms with E-state index in [1.54, 1.807) is 0 Å². The number of rotatable bonds is 5. The summed E-state index contributed by atoms with van der Waals surface area (Å²) in [4.78, 5) is 14.9. The van der Waals surface area contributed by atoms with Crippen LogP contribution in [0.25, 0.3) is 111 Å². The standard InChI is InChI=1S/C53H33N5/c1-4-14-34(15-5-1)51-54-52(35-16-6-2-7-17-35)56-53(55-51)40-25-24-39-29-42(27-26-38(39)28-40)58-47-23-13-12-22-43(47)45-32-46-44-30-36-18-10-11-19-37(36)31-48(44)57(50(46)33-49(45)58)41-20-8-3-9-21-41/h1-33H. The molecule has 0 aliphatic heterocycles. The number of nitrogens with zero attached hydrogens (tertiary/aromatic N) is 5. The van der Waals surface area contributed by atoms with Crippen molar-refractivity contribution < 1.29 is 0 Å². The molecule has 0 saturated carbocycles. The monoisotopic (exact) mass is 739 g/mol. The van der Waals surface area contributed by atoms with Crippen molar-refractivity contribution in [2.75, 3.05) is 0 Å². The zero-order valence-corrected chi connectivity index (χ0v) is 31.3. The summed E-state index contributed by atoms with van der Waals surface area (Å²) in [6.45, 7) is 0. The van der Waals surface area contributed by atoms with E-state index in [0.717, 1.165) is 38.8 Å². The highest BCUT2D eigenvalue weighted by atomic mass is 15.0. The van der Waals surface area contributed by atoms with E-state index in [2.05, 4.69) is 149 Å². The van der Waals surface area contributed by atoms with Crippen LogP contribution in [0.5, 0.6) is 0 Å². The Kier molecular flexibility index (Phi) is 7.16. The van der Waals surface area contributed by atoms with Gasteiger partial charge in [-0.25, -0.2) is 15.0 Å². The minimum atomic E-state index is 0.645. The molecule has 0 saturated heterocycles. The summed E-state index contributed by atoms with van der Waals surface area (Å²) in [5, 5.41) is 9.69. The van der Waals surface area contributed by atoms with Crippen molar-refractivity contribution in [1.29, 1.82) is 0 Å². The normalized spacial score (nSPS) is 11.8. The Bertz CT molecular complexity index is 3490. The molecule has 0 amide bonds. The Hall–Kier alpha value is -7.89. The Labute approximate surface area is 333 Å². The first-order valence-electron chi connectivity index (χ1n) is 19.6. The molecule has 0 atom stereocenters. The Balaban J connectivity index is 1.04. The van der Waals surface area contributed by atoms with Crippen molar-refractivity contribution in [1.82, 2.24) is 24.1 Å². The van der Waals surface area contributed by atoms with E-state index in [0.29, 0.717) is 17.5 Å². The molecule has 9 aromatic carbocycles. The molecule has 0 spiro atoms. The van der Waals surface area contributed by atoms with Crippen molar-refractivity contribution in [3.63, 3.8) is 0 Å². The average molecular weight is 740 g/mol. The average Bonchev–Trinajstić information content (AvgIpc) is 3.79. The summed E-state index contributed by atoms with van der Waals surface area (Å²) in [6, 6.07) is 71.1. The zero-order valence-electron chi connectivity index (χ0n) is 31.3. The lowest BCUT2D eigenvalue weighted by Crippen LogP contribution is -2.00. The van der Waals surface area contributed by atoms with Gasteiger partial charge in [0.1, 0.15) is 0 Å². The van der Waals surface area contributed by atoms with Gasteiger partial charge in [-0.2, -0.15) is 0 Å². The number of fused-ring (bicyclic) bond motifs is 8. The van der Waals surface area contributed by atoms with Gasteiger partial charge in [-0.3, -0.25) is 0 Å². The van der Waals surface area contributed by atoms with Gasteiger partial charge in [-0.15, -0.1) is 0 Å². The van der Waals surface area contributed by atoms with Crippen LogP contribution in [0.2, 0.25) is 0 Å². The van der Waals surface area contributed by atoms with Crippen LogP contribution in [0.1, 0.15) is 0 Å². The van der Waals surface area contributed by atoms with Crippen molar-refractivity contribution in [3.8, 4) is 45.5 Å². The van der Waals surface area contributed by atoms with Gasteiger partial charge < -0.3 is 9.13 Å². The molecule has 58 heavy (non-hydrogen) atoms. The molecule has 5 heteroatoms. The van der Waals surface area contributed by atoms with Gasteiger partial charge in [0.05, 0.1) is 22.1 Å². The highest BCUT2D eigenvalue weighted by molar-refractivity contribution is 6.20. The minimum absolute atomic E-state index is 0.645. The minimum Gasteiger partial charge on any atom is -0.309 e. The second kappa shape index (κ2) is 12.8. The van der Waals surface area contributed by atoms with Gasteiger partial charge in [-0.05, 0) is 82.2 Å². The third kappa shape index (κ3) is 5.14. The van der Waals surface area contributed by atoms with Gasteiger partial charge in [0, 0.05) is 49.6 Å². The smallest absolute Gasteiger partial charge is 0.164 e.